The molecule has 11 nitrogen and oxygen atoms in total. The number of carbonyl (C=O) groups is 2. The van der Waals surface area contributed by atoms with Gasteiger partial charge in [-0.25, -0.2) is 9.59 Å². The summed E-state index contributed by atoms with van der Waals surface area (Å²) >= 11 is 6.38. The number of nitrogens with two attached hydrogens (primary N) is 1. The van der Waals surface area contributed by atoms with Crippen LogP contribution in [0.5, 0.6) is 0 Å². The third-order valence-electron chi connectivity index (χ3n) is 9.57. The van der Waals surface area contributed by atoms with E-state index < -0.39 is 6.04 Å². The number of carbonyl (C=O) groups excluding carboxylic acids is 2. The molecule has 1 atom stereocenters. The zero-order chi connectivity index (χ0) is 31.5. The Morgan fingerprint density at radius 1 is 1.00 bits per heavy atom. The second-order valence-electron chi connectivity index (χ2n) is 12.3. The number of anilines is 1. The lowest BCUT2D eigenvalue weighted by Gasteiger charge is -2.42. The lowest BCUT2D eigenvalue weighted by Crippen LogP contribution is -2.59. The van der Waals surface area contributed by atoms with Crippen molar-refractivity contribution in [2.45, 2.75) is 50.2 Å². The molecule has 0 radical (unpaired) electrons. The molecule has 45 heavy (non-hydrogen) atoms. The van der Waals surface area contributed by atoms with Gasteiger partial charge in [-0.2, -0.15) is 0 Å². The number of piperazine rings is 1. The summed E-state index contributed by atoms with van der Waals surface area (Å²) in [4.78, 5) is 49.4. The van der Waals surface area contributed by atoms with Gasteiger partial charge < -0.3 is 31.2 Å². The van der Waals surface area contributed by atoms with Crippen LogP contribution in [0.25, 0.3) is 11.0 Å². The Morgan fingerprint density at radius 3 is 2.42 bits per heavy atom. The molecule has 1 aromatic heterocycles. The molecular formula is C33H41ClN8O3. The van der Waals surface area contributed by atoms with Crippen molar-refractivity contribution in [3.05, 3.63) is 63.0 Å². The van der Waals surface area contributed by atoms with Crippen LogP contribution in [0, 0.1) is 12.3 Å². The average molecular weight is 633 g/mol. The van der Waals surface area contributed by atoms with Crippen LogP contribution >= 0.6 is 11.6 Å². The maximum atomic E-state index is 14.0. The van der Waals surface area contributed by atoms with Crippen molar-refractivity contribution in [1.82, 2.24) is 34.9 Å². The van der Waals surface area contributed by atoms with E-state index in [2.05, 4.69) is 26.4 Å². The Bertz CT molecular complexity index is 1640. The molecule has 3 saturated heterocycles. The summed E-state index contributed by atoms with van der Waals surface area (Å²) in [5, 5.41) is 6.78. The highest BCUT2D eigenvalue weighted by atomic mass is 35.5. The summed E-state index contributed by atoms with van der Waals surface area (Å²) in [6.45, 7) is 5.82. The molecule has 3 aliphatic heterocycles. The number of amides is 3. The predicted octanol–water partition coefficient (Wildman–Crippen LogP) is 2.40. The van der Waals surface area contributed by atoms with E-state index in [1.54, 1.807) is 21.6 Å². The van der Waals surface area contributed by atoms with Gasteiger partial charge in [0, 0.05) is 63.3 Å². The zero-order valence-electron chi connectivity index (χ0n) is 25.4. The number of para-hydroxylation sites is 2. The number of imidazole rings is 1. The van der Waals surface area contributed by atoms with Crippen LogP contribution in [0.3, 0.4) is 0 Å². The number of nitrogens with one attached hydrogen (secondary N) is 3. The standard InChI is InChI=1S/C33H41ClN8O3/c1-2-23-19-22(20-26(34)30(23)35)21-28(31(43)40-17-15-39(16-18-40)24-7-11-36-12-8-24)38-32(44)41-13-9-25(10-14-41)42-29-6-4-3-5-27(29)37-33(42)45/h1,3-6,19-20,24-25,28,36H,7-18,21,35H2,(H,37,45)(H,38,44)/t28-/m1/s1. The maximum absolute atomic E-state index is 14.0. The van der Waals surface area contributed by atoms with Crippen LogP contribution in [-0.4, -0.2) is 101 Å². The van der Waals surface area contributed by atoms with Crippen LogP contribution in [-0.2, 0) is 11.2 Å². The highest BCUT2D eigenvalue weighted by Crippen LogP contribution is 2.27. The molecular weight excluding hydrogens is 592 g/mol. The van der Waals surface area contributed by atoms with Crippen molar-refractivity contribution in [2.75, 3.05) is 58.1 Å². The van der Waals surface area contributed by atoms with Crippen molar-refractivity contribution in [3.63, 3.8) is 0 Å². The fourth-order valence-corrected chi connectivity index (χ4v) is 7.29. The van der Waals surface area contributed by atoms with Crippen LogP contribution in [0.1, 0.15) is 42.9 Å². The number of nitrogen functional groups attached to an aromatic ring is 1. The first-order valence-electron chi connectivity index (χ1n) is 15.8. The number of terminal acetylenes is 1. The maximum Gasteiger partial charge on any atom is 0.326 e. The molecule has 0 saturated carbocycles. The molecule has 5 N–H and O–H groups in total. The van der Waals surface area contributed by atoms with E-state index in [9.17, 15) is 14.4 Å². The Balaban J connectivity index is 1.14. The monoisotopic (exact) mass is 632 g/mol. The minimum Gasteiger partial charge on any atom is -0.397 e. The predicted molar refractivity (Wildman–Crippen MR) is 176 cm³/mol. The third-order valence-corrected chi connectivity index (χ3v) is 9.89. The van der Waals surface area contributed by atoms with Gasteiger partial charge in [0.2, 0.25) is 5.91 Å². The highest BCUT2D eigenvalue weighted by Gasteiger charge is 2.33. The van der Waals surface area contributed by atoms with Crippen molar-refractivity contribution < 1.29 is 9.59 Å². The number of likely N-dealkylation sites (tertiary alicyclic amines) is 1. The fourth-order valence-electron chi connectivity index (χ4n) is 7.05. The van der Waals surface area contributed by atoms with Gasteiger partial charge in [0.15, 0.2) is 0 Å². The fraction of sp³-hybridized carbons (Fsp3) is 0.485. The summed E-state index contributed by atoms with van der Waals surface area (Å²) in [6.07, 6.45) is 9.39. The molecule has 0 spiro atoms. The van der Waals surface area contributed by atoms with Crippen LogP contribution < -0.4 is 22.1 Å². The molecule has 3 aliphatic rings. The first-order valence-corrected chi connectivity index (χ1v) is 16.2. The number of halogens is 1. The molecule has 238 valence electrons. The number of aromatic nitrogens is 2. The lowest BCUT2D eigenvalue weighted by atomic mass is 10.0. The summed E-state index contributed by atoms with van der Waals surface area (Å²) in [6, 6.07) is 10.5. The average Bonchev–Trinajstić information content (AvgIpc) is 3.41. The Hall–Kier alpha value is -3.98. The van der Waals surface area contributed by atoms with E-state index in [1.165, 1.54) is 0 Å². The molecule has 0 aliphatic carbocycles. The second-order valence-corrected chi connectivity index (χ2v) is 12.7. The number of fused-ring (bicyclic) bond motifs is 1. The number of benzene rings is 2. The minimum absolute atomic E-state index is 0.0227. The van der Waals surface area contributed by atoms with Gasteiger partial charge in [-0.3, -0.25) is 14.3 Å². The van der Waals surface area contributed by atoms with Crippen LogP contribution in [0.15, 0.2) is 41.2 Å². The first-order chi connectivity index (χ1) is 21.8. The zero-order valence-corrected chi connectivity index (χ0v) is 26.2. The summed E-state index contributed by atoms with van der Waals surface area (Å²) < 4.78 is 1.80. The van der Waals surface area contributed by atoms with E-state index >= 15 is 0 Å². The molecule has 6 rings (SSSR count). The SMILES string of the molecule is C#Cc1cc(C[C@@H](NC(=O)N2CCC(n3c(=O)[nH]c4ccccc43)CC2)C(=O)N2CCN(C3CCNCC3)CC2)cc(Cl)c1N. The van der Waals surface area contributed by atoms with Crippen LogP contribution in [0.4, 0.5) is 10.5 Å². The topological polar surface area (TPSA) is 132 Å². The number of hydrogen-bond acceptors (Lipinski definition) is 6. The third kappa shape index (κ3) is 6.69. The number of rotatable bonds is 6. The molecule has 0 bridgehead atoms. The van der Waals surface area contributed by atoms with Crippen molar-refractivity contribution in [1.29, 1.82) is 0 Å². The molecule has 0 unspecified atom stereocenters. The van der Waals surface area contributed by atoms with Gasteiger partial charge in [-0.15, -0.1) is 6.42 Å². The molecule has 2 aromatic carbocycles. The number of urea groups is 1. The van der Waals surface area contributed by atoms with E-state index in [0.717, 1.165) is 55.6 Å². The number of piperidine rings is 2. The van der Waals surface area contributed by atoms with Gasteiger partial charge in [-0.1, -0.05) is 29.7 Å². The normalized spacial score (nSPS) is 19.4. The molecule has 4 heterocycles. The number of H-pyrrole nitrogens is 1. The number of hydrogen-bond donors (Lipinski definition) is 4. The Morgan fingerprint density at radius 2 is 1.71 bits per heavy atom. The van der Waals surface area contributed by atoms with E-state index in [4.69, 9.17) is 23.8 Å². The quantitative estimate of drug-likeness (QED) is 0.244. The van der Waals surface area contributed by atoms with E-state index in [1.807, 2.05) is 29.2 Å². The van der Waals surface area contributed by atoms with Crippen LogP contribution in [0.2, 0.25) is 5.02 Å². The Labute approximate surface area is 268 Å². The summed E-state index contributed by atoms with van der Waals surface area (Å²) in [7, 11) is 0. The van der Waals surface area contributed by atoms with Gasteiger partial charge in [-0.05, 0) is 68.6 Å². The van der Waals surface area contributed by atoms with Gasteiger partial charge in [0.05, 0.1) is 21.7 Å². The van der Waals surface area contributed by atoms with Gasteiger partial charge in [0.1, 0.15) is 6.04 Å². The first kappa shape index (κ1) is 31.0. The largest absolute Gasteiger partial charge is 0.397 e. The van der Waals surface area contributed by atoms with Gasteiger partial charge in [0.25, 0.3) is 0 Å². The van der Waals surface area contributed by atoms with E-state index in [0.29, 0.717) is 61.3 Å². The van der Waals surface area contributed by atoms with Crippen molar-refractivity contribution in [3.8, 4) is 12.3 Å². The van der Waals surface area contributed by atoms with Gasteiger partial charge >= 0.3 is 11.7 Å². The number of aromatic amines is 1. The summed E-state index contributed by atoms with van der Waals surface area (Å²) in [5.41, 5.74) is 9.09. The molecule has 3 aromatic rings. The summed E-state index contributed by atoms with van der Waals surface area (Å²) in [5.74, 6) is 2.44. The lowest BCUT2D eigenvalue weighted by molar-refractivity contribution is -0.135. The second kappa shape index (κ2) is 13.6. The molecule has 3 amide bonds. The molecule has 12 heteroatoms. The smallest absolute Gasteiger partial charge is 0.326 e. The van der Waals surface area contributed by atoms with Crippen molar-refractivity contribution in [2.24, 2.45) is 0 Å². The molecule has 3 fully saturated rings. The van der Waals surface area contributed by atoms with E-state index in [-0.39, 0.29) is 30.1 Å². The van der Waals surface area contributed by atoms with Crippen molar-refractivity contribution >= 4 is 40.3 Å². The minimum atomic E-state index is -0.804. The number of nitrogens with zero attached hydrogens (tertiary/aromatic N) is 4. The Kier molecular flexibility index (Phi) is 9.35. The highest BCUT2D eigenvalue weighted by molar-refractivity contribution is 6.33.